The van der Waals surface area contributed by atoms with Crippen LogP contribution >= 0.6 is 0 Å². The van der Waals surface area contributed by atoms with Crippen molar-refractivity contribution >= 4 is 11.7 Å². The van der Waals surface area contributed by atoms with E-state index in [0.29, 0.717) is 40.3 Å². The van der Waals surface area contributed by atoms with Gasteiger partial charge in [0, 0.05) is 19.3 Å². The van der Waals surface area contributed by atoms with Crippen molar-refractivity contribution in [1.82, 2.24) is 25.1 Å². The molecule has 4 aliphatic carbocycles. The minimum Gasteiger partial charge on any atom is -0.395 e. The number of hydrogen-bond donors (Lipinski definition) is 3. The maximum Gasteiger partial charge on any atom is 0.254 e. The molecule has 6 rings (SSSR count). The van der Waals surface area contributed by atoms with Crippen molar-refractivity contribution in [3.8, 4) is 5.82 Å². The lowest BCUT2D eigenvalue weighted by Crippen LogP contribution is -2.43. The maximum absolute atomic E-state index is 13.1. The van der Waals surface area contributed by atoms with Crippen LogP contribution < -0.4 is 10.6 Å². The molecule has 2 heterocycles. The number of nitrogens with one attached hydrogen (secondary N) is 2. The van der Waals surface area contributed by atoms with E-state index in [9.17, 15) is 4.79 Å². The lowest BCUT2D eigenvalue weighted by atomic mass is 9.55. The monoisotopic (exact) mass is 422 g/mol. The normalized spacial score (nSPS) is 34.5. The number of aliphatic hydroxyl groups is 1. The Morgan fingerprint density at radius 1 is 1.26 bits per heavy atom. The van der Waals surface area contributed by atoms with E-state index in [-0.39, 0.29) is 12.5 Å². The van der Waals surface area contributed by atoms with Crippen LogP contribution in [0.4, 0.5) is 5.82 Å². The molecule has 0 aromatic carbocycles. The Morgan fingerprint density at radius 2 is 2.16 bits per heavy atom. The van der Waals surface area contributed by atoms with E-state index in [4.69, 9.17) is 5.11 Å². The third-order valence-electron chi connectivity index (χ3n) is 8.63. The van der Waals surface area contributed by atoms with E-state index in [2.05, 4.69) is 25.7 Å². The summed E-state index contributed by atoms with van der Waals surface area (Å²) in [6, 6.07) is 0. The zero-order valence-corrected chi connectivity index (χ0v) is 18.0. The standard InChI is InChI=1S/C23H30N6O2/c1-14-18(11-29(28-14)20-10-24-9-19(27-20)25-2-3-30)21(31)26-13-22-6-15-4-16-5-17(8-22)23(16,7-15)12-22/h9-11,15-17,30H,2-8,12-13H2,1H3,(H,25,27)(H,26,31). The molecule has 4 aliphatic rings. The van der Waals surface area contributed by atoms with Gasteiger partial charge in [-0.05, 0) is 74.0 Å². The minimum absolute atomic E-state index is 0.0157. The highest BCUT2D eigenvalue weighted by molar-refractivity contribution is 5.95. The van der Waals surface area contributed by atoms with Gasteiger partial charge in [-0.25, -0.2) is 9.67 Å². The molecule has 1 amide bonds. The summed E-state index contributed by atoms with van der Waals surface area (Å²) in [5.74, 6) is 3.82. The number of carbonyl (C=O) groups excluding carboxylic acids is 1. The second-order valence-corrected chi connectivity index (χ2v) is 10.4. The molecule has 0 radical (unpaired) electrons. The Balaban J connectivity index is 1.16. The highest BCUT2D eigenvalue weighted by atomic mass is 16.3. The largest absolute Gasteiger partial charge is 0.395 e. The molecule has 8 heteroatoms. The molecule has 4 saturated carbocycles. The first kappa shape index (κ1) is 19.2. The third kappa shape index (κ3) is 2.91. The molecule has 2 aromatic heterocycles. The van der Waals surface area contributed by atoms with Crippen molar-refractivity contribution in [1.29, 1.82) is 0 Å². The van der Waals surface area contributed by atoms with E-state index in [1.54, 1.807) is 23.3 Å². The lowest BCUT2D eigenvalue weighted by Gasteiger charge is -2.49. The number of anilines is 1. The molecule has 8 nitrogen and oxygen atoms in total. The molecular formula is C23H30N6O2. The van der Waals surface area contributed by atoms with E-state index < -0.39 is 0 Å². The average molecular weight is 423 g/mol. The van der Waals surface area contributed by atoms with Gasteiger partial charge in [-0.2, -0.15) is 5.10 Å². The number of aryl methyl sites for hydroxylation is 1. The van der Waals surface area contributed by atoms with Crippen molar-refractivity contribution in [2.75, 3.05) is 25.0 Å². The minimum atomic E-state index is -0.0492. The fourth-order valence-corrected chi connectivity index (χ4v) is 7.64. The predicted molar refractivity (Wildman–Crippen MR) is 115 cm³/mol. The average Bonchev–Trinajstić information content (AvgIpc) is 3.31. The number of amides is 1. The first-order chi connectivity index (χ1) is 15.0. The molecule has 2 aromatic rings. The summed E-state index contributed by atoms with van der Waals surface area (Å²) in [5, 5.41) is 19.7. The van der Waals surface area contributed by atoms with Gasteiger partial charge in [0.25, 0.3) is 5.91 Å². The summed E-state index contributed by atoms with van der Waals surface area (Å²) in [6.07, 6.45) is 13.2. The number of fused-ring (bicyclic) bond motifs is 2. The predicted octanol–water partition coefficient (Wildman–Crippen LogP) is 2.32. The zero-order valence-electron chi connectivity index (χ0n) is 18.0. The fourth-order valence-electron chi connectivity index (χ4n) is 7.64. The highest BCUT2D eigenvalue weighted by Gasteiger charge is 2.70. The molecule has 164 valence electrons. The summed E-state index contributed by atoms with van der Waals surface area (Å²) in [6.45, 7) is 3.06. The van der Waals surface area contributed by atoms with Gasteiger partial charge in [0.2, 0.25) is 0 Å². The van der Waals surface area contributed by atoms with Crippen LogP contribution in [0.2, 0.25) is 0 Å². The number of rotatable bonds is 7. The third-order valence-corrected chi connectivity index (χ3v) is 8.63. The summed E-state index contributed by atoms with van der Waals surface area (Å²) < 4.78 is 1.60. The van der Waals surface area contributed by atoms with Crippen LogP contribution in [0.3, 0.4) is 0 Å². The van der Waals surface area contributed by atoms with Gasteiger partial charge in [0.15, 0.2) is 5.82 Å². The smallest absolute Gasteiger partial charge is 0.254 e. The van der Waals surface area contributed by atoms with Crippen LogP contribution in [0.5, 0.6) is 0 Å². The number of aliphatic hydroxyl groups excluding tert-OH is 1. The van der Waals surface area contributed by atoms with Gasteiger partial charge in [-0.3, -0.25) is 9.78 Å². The molecule has 0 saturated heterocycles. The van der Waals surface area contributed by atoms with Gasteiger partial charge in [0.1, 0.15) is 5.82 Å². The molecule has 3 N–H and O–H groups in total. The SMILES string of the molecule is Cc1nn(-c2cncc(NCCO)n2)cc1C(=O)NCC12CC3CC4CC(C1)C4(C3)C2. The Bertz CT molecular complexity index is 1030. The summed E-state index contributed by atoms with van der Waals surface area (Å²) in [5.41, 5.74) is 2.22. The summed E-state index contributed by atoms with van der Waals surface area (Å²) >= 11 is 0. The number of carbonyl (C=O) groups is 1. The van der Waals surface area contributed by atoms with Gasteiger partial charge < -0.3 is 15.7 Å². The topological polar surface area (TPSA) is 105 Å². The van der Waals surface area contributed by atoms with Crippen LogP contribution in [0.25, 0.3) is 5.82 Å². The van der Waals surface area contributed by atoms with E-state index in [0.717, 1.165) is 24.3 Å². The van der Waals surface area contributed by atoms with Crippen molar-refractivity contribution in [3.05, 3.63) is 29.8 Å². The molecule has 5 atom stereocenters. The first-order valence-corrected chi connectivity index (χ1v) is 11.5. The Labute approximate surface area is 181 Å². The quantitative estimate of drug-likeness (QED) is 0.633. The number of aromatic nitrogens is 4. The molecule has 4 fully saturated rings. The Hall–Kier alpha value is -2.48. The van der Waals surface area contributed by atoms with Gasteiger partial charge >= 0.3 is 0 Å². The van der Waals surface area contributed by atoms with Gasteiger partial charge in [-0.15, -0.1) is 0 Å². The Kier molecular flexibility index (Phi) is 4.19. The lowest BCUT2D eigenvalue weighted by molar-refractivity contribution is -0.00254. The van der Waals surface area contributed by atoms with Crippen molar-refractivity contribution in [3.63, 3.8) is 0 Å². The van der Waals surface area contributed by atoms with E-state index in [1.807, 2.05) is 6.92 Å². The second-order valence-electron chi connectivity index (χ2n) is 10.4. The first-order valence-electron chi connectivity index (χ1n) is 11.5. The molecular weight excluding hydrogens is 392 g/mol. The second kappa shape index (κ2) is 6.76. The highest BCUT2D eigenvalue weighted by Crippen LogP contribution is 2.78. The number of hydrogen-bond acceptors (Lipinski definition) is 6. The van der Waals surface area contributed by atoms with E-state index >= 15 is 0 Å². The van der Waals surface area contributed by atoms with Crippen molar-refractivity contribution < 1.29 is 9.90 Å². The van der Waals surface area contributed by atoms with Gasteiger partial charge in [-0.1, -0.05) is 0 Å². The number of nitrogens with zero attached hydrogens (tertiary/aromatic N) is 4. The van der Waals surface area contributed by atoms with Crippen LogP contribution in [-0.2, 0) is 0 Å². The molecule has 31 heavy (non-hydrogen) atoms. The van der Waals surface area contributed by atoms with E-state index in [1.165, 1.54) is 38.5 Å². The van der Waals surface area contributed by atoms with Crippen molar-refractivity contribution in [2.24, 2.45) is 28.6 Å². The maximum atomic E-state index is 13.1. The van der Waals surface area contributed by atoms with Crippen LogP contribution in [-0.4, -0.2) is 50.5 Å². The molecule has 0 aliphatic heterocycles. The van der Waals surface area contributed by atoms with Gasteiger partial charge in [0.05, 0.1) is 30.3 Å². The molecule has 5 unspecified atom stereocenters. The molecule has 1 spiro atoms. The van der Waals surface area contributed by atoms with Crippen LogP contribution in [0.15, 0.2) is 18.6 Å². The zero-order chi connectivity index (χ0) is 21.2. The Morgan fingerprint density at radius 3 is 3.03 bits per heavy atom. The van der Waals surface area contributed by atoms with Crippen LogP contribution in [0, 0.1) is 35.5 Å². The van der Waals surface area contributed by atoms with Crippen LogP contribution in [0.1, 0.15) is 54.6 Å². The summed E-state index contributed by atoms with van der Waals surface area (Å²) in [4.78, 5) is 21.7. The fraction of sp³-hybridized carbons (Fsp3) is 0.652. The molecule has 3 bridgehead atoms. The van der Waals surface area contributed by atoms with Crippen molar-refractivity contribution in [2.45, 2.75) is 45.4 Å². The summed E-state index contributed by atoms with van der Waals surface area (Å²) in [7, 11) is 0.